The molecule has 0 aliphatic rings. The molecule has 2 rings (SSSR count). The number of nitrogens with zero attached hydrogens (tertiary/aromatic N) is 1. The number of H-pyrrole nitrogens is 1. The molecular formula is C9H10BrN3. The number of benzene rings is 1. The van der Waals surface area contributed by atoms with Gasteiger partial charge in [-0.05, 0) is 46.6 Å². The maximum Gasteiger partial charge on any atom is 0.108 e. The maximum absolute atomic E-state index is 5.48. The number of halogens is 1. The average Bonchev–Trinajstić information content (AvgIpc) is 2.49. The highest BCUT2D eigenvalue weighted by molar-refractivity contribution is 9.10. The van der Waals surface area contributed by atoms with Crippen molar-refractivity contribution in [1.29, 1.82) is 0 Å². The van der Waals surface area contributed by atoms with Gasteiger partial charge in [0.15, 0.2) is 0 Å². The molecule has 0 saturated carbocycles. The first-order valence-corrected chi connectivity index (χ1v) is 4.93. The normalized spacial score (nSPS) is 10.9. The Kier molecular flexibility index (Phi) is 2.33. The van der Waals surface area contributed by atoms with Gasteiger partial charge in [-0.15, -0.1) is 0 Å². The number of hydrogen-bond donors (Lipinski definition) is 2. The Bertz CT molecular complexity index is 422. The van der Waals surface area contributed by atoms with Gasteiger partial charge in [-0.3, -0.25) is 5.10 Å². The van der Waals surface area contributed by atoms with Crippen molar-refractivity contribution < 1.29 is 0 Å². The van der Waals surface area contributed by atoms with E-state index in [4.69, 9.17) is 5.73 Å². The van der Waals surface area contributed by atoms with Crippen LogP contribution in [0.25, 0.3) is 10.9 Å². The molecule has 3 nitrogen and oxygen atoms in total. The van der Waals surface area contributed by atoms with E-state index in [2.05, 4.69) is 38.3 Å². The van der Waals surface area contributed by atoms with Gasteiger partial charge in [0, 0.05) is 5.39 Å². The van der Waals surface area contributed by atoms with Gasteiger partial charge in [0.1, 0.15) is 4.60 Å². The van der Waals surface area contributed by atoms with Crippen molar-refractivity contribution in [3.8, 4) is 0 Å². The zero-order valence-corrected chi connectivity index (χ0v) is 8.63. The van der Waals surface area contributed by atoms with Crippen LogP contribution in [0.1, 0.15) is 5.56 Å². The average molecular weight is 240 g/mol. The van der Waals surface area contributed by atoms with Crippen LogP contribution < -0.4 is 5.73 Å². The summed E-state index contributed by atoms with van der Waals surface area (Å²) in [6, 6.07) is 6.17. The van der Waals surface area contributed by atoms with Gasteiger partial charge < -0.3 is 5.73 Å². The van der Waals surface area contributed by atoms with E-state index >= 15 is 0 Å². The van der Waals surface area contributed by atoms with Gasteiger partial charge in [0.05, 0.1) is 5.52 Å². The number of nitrogens with two attached hydrogens (primary N) is 1. The van der Waals surface area contributed by atoms with Crippen molar-refractivity contribution in [1.82, 2.24) is 10.2 Å². The van der Waals surface area contributed by atoms with Crippen LogP contribution in [0.2, 0.25) is 0 Å². The molecule has 68 valence electrons. The van der Waals surface area contributed by atoms with E-state index in [0.717, 1.165) is 21.9 Å². The second kappa shape index (κ2) is 3.47. The van der Waals surface area contributed by atoms with E-state index in [-0.39, 0.29) is 0 Å². The highest BCUT2D eigenvalue weighted by atomic mass is 79.9. The number of rotatable bonds is 2. The van der Waals surface area contributed by atoms with Crippen LogP contribution in [0, 0.1) is 0 Å². The third-order valence-electron chi connectivity index (χ3n) is 2.00. The minimum absolute atomic E-state index is 0.682. The van der Waals surface area contributed by atoms with E-state index in [1.165, 1.54) is 5.56 Å². The molecule has 1 aromatic heterocycles. The molecule has 1 heterocycles. The standard InChI is InChI=1S/C9H10BrN3/c10-9-7-5-6(3-4-11)1-2-8(7)12-13-9/h1-2,5H,3-4,11H2,(H,12,13). The lowest BCUT2D eigenvalue weighted by Gasteiger charge is -1.97. The summed E-state index contributed by atoms with van der Waals surface area (Å²) in [4.78, 5) is 0. The molecule has 0 radical (unpaired) electrons. The summed E-state index contributed by atoms with van der Waals surface area (Å²) in [6.45, 7) is 0.682. The molecule has 4 heteroatoms. The zero-order chi connectivity index (χ0) is 9.26. The quantitative estimate of drug-likeness (QED) is 0.841. The van der Waals surface area contributed by atoms with Gasteiger partial charge in [-0.1, -0.05) is 6.07 Å². The topological polar surface area (TPSA) is 54.7 Å². The van der Waals surface area contributed by atoms with Crippen LogP contribution in [0.3, 0.4) is 0 Å². The number of nitrogens with one attached hydrogen (secondary N) is 1. The molecule has 0 aliphatic carbocycles. The van der Waals surface area contributed by atoms with E-state index in [1.807, 2.05) is 6.07 Å². The maximum atomic E-state index is 5.48. The largest absolute Gasteiger partial charge is 0.330 e. The third kappa shape index (κ3) is 1.59. The predicted molar refractivity (Wildman–Crippen MR) is 56.6 cm³/mol. The lowest BCUT2D eigenvalue weighted by Crippen LogP contribution is -2.02. The molecule has 0 bridgehead atoms. The summed E-state index contributed by atoms with van der Waals surface area (Å²) < 4.78 is 0.932. The van der Waals surface area contributed by atoms with Crippen molar-refractivity contribution in [2.24, 2.45) is 5.73 Å². The number of fused-ring (bicyclic) bond motifs is 1. The van der Waals surface area contributed by atoms with Crippen molar-refractivity contribution in [3.05, 3.63) is 28.4 Å². The Balaban J connectivity index is 2.53. The summed E-state index contributed by atoms with van der Waals surface area (Å²) in [5, 5.41) is 8.11. The zero-order valence-electron chi connectivity index (χ0n) is 7.05. The Morgan fingerprint density at radius 3 is 3.08 bits per heavy atom. The monoisotopic (exact) mass is 239 g/mol. The molecule has 13 heavy (non-hydrogen) atoms. The Labute approximate surface area is 84.4 Å². The number of aromatic amines is 1. The number of hydrogen-bond acceptors (Lipinski definition) is 2. The molecule has 2 aromatic rings. The highest BCUT2D eigenvalue weighted by Gasteiger charge is 2.02. The fourth-order valence-corrected chi connectivity index (χ4v) is 1.75. The van der Waals surface area contributed by atoms with E-state index in [9.17, 15) is 0 Å². The fourth-order valence-electron chi connectivity index (χ4n) is 1.35. The molecule has 0 atom stereocenters. The minimum atomic E-state index is 0.682. The van der Waals surface area contributed by atoms with Crippen molar-refractivity contribution >= 4 is 26.8 Å². The third-order valence-corrected chi connectivity index (χ3v) is 2.61. The molecule has 0 saturated heterocycles. The minimum Gasteiger partial charge on any atom is -0.330 e. The van der Waals surface area contributed by atoms with E-state index < -0.39 is 0 Å². The molecule has 0 fully saturated rings. The summed E-state index contributed by atoms with van der Waals surface area (Å²) in [7, 11) is 0. The highest BCUT2D eigenvalue weighted by Crippen LogP contribution is 2.21. The summed E-state index contributed by atoms with van der Waals surface area (Å²) in [5.74, 6) is 0. The molecule has 0 amide bonds. The molecule has 3 N–H and O–H groups in total. The van der Waals surface area contributed by atoms with Crippen molar-refractivity contribution in [3.63, 3.8) is 0 Å². The van der Waals surface area contributed by atoms with Crippen molar-refractivity contribution in [2.75, 3.05) is 6.54 Å². The van der Waals surface area contributed by atoms with Crippen LogP contribution in [0.15, 0.2) is 22.8 Å². The van der Waals surface area contributed by atoms with E-state index in [1.54, 1.807) is 0 Å². The van der Waals surface area contributed by atoms with Crippen LogP contribution >= 0.6 is 15.9 Å². The Morgan fingerprint density at radius 1 is 1.46 bits per heavy atom. The smallest absolute Gasteiger partial charge is 0.108 e. The predicted octanol–water partition coefficient (Wildman–Crippen LogP) is 1.83. The second-order valence-electron chi connectivity index (χ2n) is 2.93. The molecule has 0 spiro atoms. The lowest BCUT2D eigenvalue weighted by atomic mass is 10.1. The Morgan fingerprint density at radius 2 is 2.31 bits per heavy atom. The second-order valence-corrected chi connectivity index (χ2v) is 3.72. The molecule has 0 unspecified atom stereocenters. The SMILES string of the molecule is NCCc1ccc2n[nH]c(Br)c2c1. The van der Waals surface area contributed by atoms with Crippen LogP contribution in [0.5, 0.6) is 0 Å². The lowest BCUT2D eigenvalue weighted by molar-refractivity contribution is 0.971. The van der Waals surface area contributed by atoms with Crippen molar-refractivity contribution in [2.45, 2.75) is 6.42 Å². The summed E-state index contributed by atoms with van der Waals surface area (Å²) in [5.41, 5.74) is 7.71. The summed E-state index contributed by atoms with van der Waals surface area (Å²) >= 11 is 3.40. The van der Waals surface area contributed by atoms with Gasteiger partial charge in [0.25, 0.3) is 0 Å². The molecular weight excluding hydrogens is 230 g/mol. The fraction of sp³-hybridized carbons (Fsp3) is 0.222. The molecule has 0 aliphatic heterocycles. The van der Waals surface area contributed by atoms with Gasteiger partial charge in [-0.2, -0.15) is 5.10 Å². The van der Waals surface area contributed by atoms with Gasteiger partial charge in [-0.25, -0.2) is 0 Å². The van der Waals surface area contributed by atoms with Crippen LogP contribution in [-0.4, -0.2) is 16.7 Å². The van der Waals surface area contributed by atoms with Crippen LogP contribution in [-0.2, 0) is 6.42 Å². The first kappa shape index (κ1) is 8.72. The van der Waals surface area contributed by atoms with Gasteiger partial charge in [0.2, 0.25) is 0 Å². The molecule has 1 aromatic carbocycles. The Hall–Kier alpha value is -0.870. The van der Waals surface area contributed by atoms with Crippen LogP contribution in [0.4, 0.5) is 0 Å². The first-order valence-electron chi connectivity index (χ1n) is 4.14. The summed E-state index contributed by atoms with van der Waals surface area (Å²) in [6.07, 6.45) is 0.910. The van der Waals surface area contributed by atoms with E-state index in [0.29, 0.717) is 6.54 Å². The van der Waals surface area contributed by atoms with Gasteiger partial charge >= 0.3 is 0 Å². The first-order chi connectivity index (χ1) is 6.31. The number of aromatic nitrogens is 2.